The second-order valence-electron chi connectivity index (χ2n) is 6.51. The summed E-state index contributed by atoms with van der Waals surface area (Å²) in [5, 5.41) is 5.71. The average molecular weight is 289 g/mol. The van der Waals surface area contributed by atoms with Crippen molar-refractivity contribution in [3.05, 3.63) is 35.9 Å². The van der Waals surface area contributed by atoms with E-state index in [-0.39, 0.29) is 23.5 Å². The predicted molar refractivity (Wildman–Crippen MR) is 81.7 cm³/mol. The highest BCUT2D eigenvalue weighted by Crippen LogP contribution is 2.15. The monoisotopic (exact) mass is 289 g/mol. The lowest BCUT2D eigenvalue weighted by atomic mass is 10.1. The van der Waals surface area contributed by atoms with Gasteiger partial charge >= 0.3 is 6.03 Å². The van der Waals surface area contributed by atoms with Crippen molar-refractivity contribution in [2.24, 2.45) is 0 Å². The standard InChI is InChI=1S/C16H23N3O2/c1-16(2,3)18-15(21)17-13-9-14(20)19(11-13)10-12-7-5-4-6-8-12/h4-8,13H,9-11H2,1-3H3,(H2,17,18,21). The highest BCUT2D eigenvalue weighted by atomic mass is 16.2. The highest BCUT2D eigenvalue weighted by molar-refractivity contribution is 5.81. The first-order chi connectivity index (χ1) is 9.83. The third-order valence-corrected chi connectivity index (χ3v) is 3.25. The predicted octanol–water partition coefficient (Wildman–Crippen LogP) is 1.89. The molecule has 2 rings (SSSR count). The number of benzene rings is 1. The molecule has 0 bridgehead atoms. The van der Waals surface area contributed by atoms with Crippen LogP contribution in [-0.2, 0) is 11.3 Å². The zero-order chi connectivity index (χ0) is 15.5. The highest BCUT2D eigenvalue weighted by Gasteiger charge is 2.31. The van der Waals surface area contributed by atoms with Gasteiger partial charge in [-0.1, -0.05) is 30.3 Å². The Hall–Kier alpha value is -2.04. The van der Waals surface area contributed by atoms with Gasteiger partial charge in [-0.3, -0.25) is 4.79 Å². The number of nitrogens with one attached hydrogen (secondary N) is 2. The van der Waals surface area contributed by atoms with E-state index in [0.29, 0.717) is 19.5 Å². The molecule has 1 aromatic carbocycles. The molecule has 1 atom stereocenters. The number of nitrogens with zero attached hydrogens (tertiary/aromatic N) is 1. The first-order valence-corrected chi connectivity index (χ1v) is 7.24. The van der Waals surface area contributed by atoms with Crippen LogP contribution in [0.15, 0.2) is 30.3 Å². The lowest BCUT2D eigenvalue weighted by molar-refractivity contribution is -0.128. The Labute approximate surface area is 125 Å². The summed E-state index contributed by atoms with van der Waals surface area (Å²) in [6.45, 7) is 6.93. The van der Waals surface area contributed by atoms with Crippen LogP contribution in [0, 0.1) is 0 Å². The van der Waals surface area contributed by atoms with Gasteiger partial charge in [0, 0.05) is 25.0 Å². The van der Waals surface area contributed by atoms with Crippen LogP contribution in [0.1, 0.15) is 32.8 Å². The van der Waals surface area contributed by atoms with Crippen LogP contribution in [-0.4, -0.2) is 35.0 Å². The molecule has 1 saturated heterocycles. The van der Waals surface area contributed by atoms with Crippen molar-refractivity contribution in [3.63, 3.8) is 0 Å². The third-order valence-electron chi connectivity index (χ3n) is 3.25. The summed E-state index contributed by atoms with van der Waals surface area (Å²) in [4.78, 5) is 25.6. The molecular formula is C16H23N3O2. The molecule has 2 N–H and O–H groups in total. The van der Waals surface area contributed by atoms with Gasteiger partial charge in [-0.25, -0.2) is 4.79 Å². The summed E-state index contributed by atoms with van der Waals surface area (Å²) in [7, 11) is 0. The fourth-order valence-corrected chi connectivity index (χ4v) is 2.39. The number of carbonyl (C=O) groups excluding carboxylic acids is 2. The Balaban J connectivity index is 1.86. The summed E-state index contributed by atoms with van der Waals surface area (Å²) in [5.41, 5.74) is 0.821. The fraction of sp³-hybridized carbons (Fsp3) is 0.500. The van der Waals surface area contributed by atoms with Gasteiger partial charge in [-0.05, 0) is 26.3 Å². The van der Waals surface area contributed by atoms with Crippen LogP contribution in [0.4, 0.5) is 4.79 Å². The smallest absolute Gasteiger partial charge is 0.315 e. The van der Waals surface area contributed by atoms with Crippen LogP contribution >= 0.6 is 0 Å². The molecule has 1 fully saturated rings. The van der Waals surface area contributed by atoms with Crippen LogP contribution in [0.25, 0.3) is 0 Å². The van der Waals surface area contributed by atoms with Crippen LogP contribution < -0.4 is 10.6 Å². The second kappa shape index (κ2) is 6.16. The van der Waals surface area contributed by atoms with Crippen LogP contribution in [0.5, 0.6) is 0 Å². The summed E-state index contributed by atoms with van der Waals surface area (Å²) in [6.07, 6.45) is 0.365. The minimum Gasteiger partial charge on any atom is -0.336 e. The number of hydrogen-bond acceptors (Lipinski definition) is 2. The van der Waals surface area contributed by atoms with Gasteiger partial charge in [0.25, 0.3) is 0 Å². The van der Waals surface area contributed by atoms with E-state index in [1.165, 1.54) is 0 Å². The van der Waals surface area contributed by atoms with Gasteiger partial charge in [0.05, 0.1) is 6.04 Å². The topological polar surface area (TPSA) is 61.4 Å². The lowest BCUT2D eigenvalue weighted by Gasteiger charge is -2.22. The normalized spacial score (nSPS) is 18.7. The molecule has 0 aliphatic carbocycles. The number of hydrogen-bond donors (Lipinski definition) is 2. The SMILES string of the molecule is CC(C)(C)NC(=O)NC1CC(=O)N(Cc2ccccc2)C1. The molecule has 1 aliphatic rings. The van der Waals surface area contributed by atoms with E-state index < -0.39 is 0 Å². The summed E-state index contributed by atoms with van der Waals surface area (Å²) < 4.78 is 0. The molecular weight excluding hydrogens is 266 g/mol. The number of urea groups is 1. The van der Waals surface area contributed by atoms with E-state index >= 15 is 0 Å². The van der Waals surface area contributed by atoms with Crippen LogP contribution in [0.3, 0.4) is 0 Å². The first-order valence-electron chi connectivity index (χ1n) is 7.24. The van der Waals surface area contributed by atoms with Crippen molar-refractivity contribution in [2.45, 2.75) is 45.3 Å². The molecule has 1 aromatic rings. The van der Waals surface area contributed by atoms with E-state index in [2.05, 4.69) is 10.6 Å². The van der Waals surface area contributed by atoms with Crippen molar-refractivity contribution in [1.29, 1.82) is 0 Å². The first kappa shape index (κ1) is 15.4. The maximum atomic E-state index is 12.0. The molecule has 3 amide bonds. The zero-order valence-electron chi connectivity index (χ0n) is 12.8. The molecule has 21 heavy (non-hydrogen) atoms. The van der Waals surface area contributed by atoms with Gasteiger partial charge in [-0.15, -0.1) is 0 Å². The maximum absolute atomic E-state index is 12.0. The largest absolute Gasteiger partial charge is 0.336 e. The molecule has 0 spiro atoms. The Morgan fingerprint density at radius 1 is 1.29 bits per heavy atom. The molecule has 5 heteroatoms. The van der Waals surface area contributed by atoms with Gasteiger partial charge in [0.15, 0.2) is 0 Å². The third kappa shape index (κ3) is 4.77. The number of likely N-dealkylation sites (tertiary alicyclic amines) is 1. The van der Waals surface area contributed by atoms with Crippen molar-refractivity contribution in [1.82, 2.24) is 15.5 Å². The Morgan fingerprint density at radius 3 is 2.57 bits per heavy atom. The van der Waals surface area contributed by atoms with Gasteiger partial charge in [0.1, 0.15) is 0 Å². The van der Waals surface area contributed by atoms with Crippen molar-refractivity contribution < 1.29 is 9.59 Å². The lowest BCUT2D eigenvalue weighted by Crippen LogP contribution is -2.50. The summed E-state index contributed by atoms with van der Waals surface area (Å²) >= 11 is 0. The molecule has 0 aromatic heterocycles. The fourth-order valence-electron chi connectivity index (χ4n) is 2.39. The minimum atomic E-state index is -0.281. The minimum absolute atomic E-state index is 0.0833. The van der Waals surface area contributed by atoms with Gasteiger partial charge in [0.2, 0.25) is 5.91 Å². The molecule has 1 unspecified atom stereocenters. The quantitative estimate of drug-likeness (QED) is 0.892. The molecule has 1 aliphatic heterocycles. The number of carbonyl (C=O) groups is 2. The molecule has 114 valence electrons. The number of amides is 3. The molecule has 1 heterocycles. The van der Waals surface area contributed by atoms with E-state index in [1.807, 2.05) is 51.1 Å². The summed E-state index contributed by atoms with van der Waals surface area (Å²) in [6, 6.07) is 9.53. The van der Waals surface area contributed by atoms with E-state index in [9.17, 15) is 9.59 Å². The van der Waals surface area contributed by atoms with E-state index in [0.717, 1.165) is 5.56 Å². The van der Waals surface area contributed by atoms with Crippen LogP contribution in [0.2, 0.25) is 0 Å². The van der Waals surface area contributed by atoms with E-state index in [1.54, 1.807) is 4.90 Å². The Morgan fingerprint density at radius 2 is 1.95 bits per heavy atom. The molecule has 0 saturated carbocycles. The van der Waals surface area contributed by atoms with Crippen molar-refractivity contribution in [3.8, 4) is 0 Å². The summed E-state index contributed by atoms with van der Waals surface area (Å²) in [5.74, 6) is 0.0833. The van der Waals surface area contributed by atoms with Gasteiger partial charge < -0.3 is 15.5 Å². The Bertz CT molecular complexity index is 508. The van der Waals surface area contributed by atoms with Crippen molar-refractivity contribution >= 4 is 11.9 Å². The second-order valence-corrected chi connectivity index (χ2v) is 6.51. The maximum Gasteiger partial charge on any atom is 0.315 e. The Kier molecular flexibility index (Phi) is 4.50. The zero-order valence-corrected chi connectivity index (χ0v) is 12.8. The number of rotatable bonds is 3. The van der Waals surface area contributed by atoms with Gasteiger partial charge in [-0.2, -0.15) is 0 Å². The molecule has 0 radical (unpaired) electrons. The van der Waals surface area contributed by atoms with E-state index in [4.69, 9.17) is 0 Å². The average Bonchev–Trinajstić information content (AvgIpc) is 2.68. The van der Waals surface area contributed by atoms with Crippen molar-refractivity contribution in [2.75, 3.05) is 6.54 Å². The molecule has 5 nitrogen and oxygen atoms in total.